The Morgan fingerprint density at radius 2 is 1.82 bits per heavy atom. The number of carbonyl (C=O) groups excluding carboxylic acids is 4. The van der Waals surface area contributed by atoms with Gasteiger partial charge in [0.1, 0.15) is 18.2 Å². The number of aliphatic hydroxyl groups excluding tert-OH is 1. The van der Waals surface area contributed by atoms with Crippen LogP contribution in [0.4, 0.5) is 5.69 Å². The molecule has 3 amide bonds. The van der Waals surface area contributed by atoms with Gasteiger partial charge < -0.3 is 29.7 Å². The summed E-state index contributed by atoms with van der Waals surface area (Å²) < 4.78 is 12.2. The Hall–Kier alpha value is -4.80. The molecule has 3 fully saturated rings. The fraction of sp³-hybridized carbons (Fsp3) is 0.400. The number of nitrogens with zero attached hydrogens (tertiary/aromatic N) is 2. The minimum atomic E-state index is -1.26. The van der Waals surface area contributed by atoms with Gasteiger partial charge in [0.15, 0.2) is 0 Å². The lowest BCUT2D eigenvalue weighted by Gasteiger charge is -2.39. The minimum absolute atomic E-state index is 0.0916. The topological polar surface area (TPSA) is 125 Å². The van der Waals surface area contributed by atoms with Crippen LogP contribution >= 0.6 is 0 Å². The highest BCUT2D eigenvalue weighted by atomic mass is 16.5. The van der Waals surface area contributed by atoms with Crippen molar-refractivity contribution >= 4 is 40.2 Å². The number of likely N-dealkylation sites (tertiary alicyclic amines) is 1. The molecule has 6 rings (SSSR count). The van der Waals surface area contributed by atoms with Crippen LogP contribution < -0.4 is 10.2 Å². The van der Waals surface area contributed by atoms with E-state index in [1.165, 1.54) is 4.90 Å². The van der Waals surface area contributed by atoms with Gasteiger partial charge in [-0.05, 0) is 54.2 Å². The maximum absolute atomic E-state index is 14.9. The Bertz CT molecular complexity index is 1760. The summed E-state index contributed by atoms with van der Waals surface area (Å²) in [5, 5.41) is 15.5. The summed E-state index contributed by atoms with van der Waals surface area (Å²) in [7, 11) is 0. The molecular weight excluding hydrogens is 634 g/mol. The summed E-state index contributed by atoms with van der Waals surface area (Å²) in [6.07, 6.45) is 4.64. The number of carbonyl (C=O) groups is 4. The zero-order valence-electron chi connectivity index (χ0n) is 28.4. The van der Waals surface area contributed by atoms with Crippen molar-refractivity contribution in [2.24, 2.45) is 11.8 Å². The van der Waals surface area contributed by atoms with Crippen molar-refractivity contribution in [1.82, 2.24) is 10.2 Å². The van der Waals surface area contributed by atoms with E-state index in [0.717, 1.165) is 16.3 Å². The molecule has 2 N–H and O–H groups in total. The zero-order chi connectivity index (χ0) is 35.4. The second kappa shape index (κ2) is 15.0. The summed E-state index contributed by atoms with van der Waals surface area (Å²) in [6.45, 7) is 9.16. The highest BCUT2D eigenvalue weighted by Gasteiger charge is 2.75. The molecule has 3 aromatic rings. The van der Waals surface area contributed by atoms with Gasteiger partial charge in [-0.15, -0.1) is 13.2 Å². The van der Waals surface area contributed by atoms with Crippen molar-refractivity contribution in [3.63, 3.8) is 0 Å². The van der Waals surface area contributed by atoms with E-state index in [2.05, 4.69) is 18.5 Å². The van der Waals surface area contributed by atoms with E-state index in [0.29, 0.717) is 31.4 Å². The molecule has 3 saturated heterocycles. The van der Waals surface area contributed by atoms with E-state index in [1.54, 1.807) is 17.1 Å². The quantitative estimate of drug-likeness (QED) is 0.174. The number of rotatable bonds is 15. The van der Waals surface area contributed by atoms with Gasteiger partial charge in [0.2, 0.25) is 11.8 Å². The molecule has 262 valence electrons. The largest absolute Gasteiger partial charge is 0.463 e. The van der Waals surface area contributed by atoms with Crippen molar-refractivity contribution in [1.29, 1.82) is 0 Å². The monoisotopic (exact) mass is 679 g/mol. The number of allylic oxidation sites excluding steroid dienone is 1. The van der Waals surface area contributed by atoms with Gasteiger partial charge in [-0.25, -0.2) is 0 Å². The predicted molar refractivity (Wildman–Crippen MR) is 190 cm³/mol. The van der Waals surface area contributed by atoms with Crippen molar-refractivity contribution in [2.75, 3.05) is 24.7 Å². The maximum atomic E-state index is 14.9. The molecule has 0 radical (unpaired) electrons. The molecule has 3 heterocycles. The van der Waals surface area contributed by atoms with Crippen LogP contribution in [0.1, 0.15) is 50.6 Å². The number of hydrogen-bond donors (Lipinski definition) is 2. The molecule has 3 aliphatic heterocycles. The van der Waals surface area contributed by atoms with Crippen molar-refractivity contribution in [2.45, 2.75) is 68.9 Å². The van der Waals surface area contributed by atoms with Crippen LogP contribution in [-0.2, 0) is 28.7 Å². The average Bonchev–Trinajstić information content (AvgIpc) is 3.79. The van der Waals surface area contributed by atoms with Crippen molar-refractivity contribution in [3.05, 3.63) is 104 Å². The summed E-state index contributed by atoms with van der Waals surface area (Å²) >= 11 is 0. The van der Waals surface area contributed by atoms with Crippen LogP contribution in [0.3, 0.4) is 0 Å². The predicted octanol–water partition coefficient (Wildman–Crippen LogP) is 4.87. The SMILES string of the molecule is C=CCCC(=O)OC[C@@H](NC(=O)[C@@H]1[C@@H]2CC[C@]3(O2)[C@H](C(=O)N(CC=C)c2ccc4ccccc4c2)N([C@@H](CC)CO)C(=O)[C@@H]13)c1ccccc1. The number of nitrogens with one attached hydrogen (secondary N) is 1. The molecule has 10 nitrogen and oxygen atoms in total. The lowest BCUT2D eigenvalue weighted by molar-refractivity contribution is -0.146. The maximum Gasteiger partial charge on any atom is 0.306 e. The molecule has 0 aromatic heterocycles. The van der Waals surface area contributed by atoms with Gasteiger partial charge in [-0.2, -0.15) is 0 Å². The third kappa shape index (κ3) is 6.33. The van der Waals surface area contributed by atoms with Crippen LogP contribution in [0.5, 0.6) is 0 Å². The number of benzene rings is 3. The number of hydrogen-bond acceptors (Lipinski definition) is 7. The fourth-order valence-electron chi connectivity index (χ4n) is 8.06. The molecule has 10 heteroatoms. The van der Waals surface area contributed by atoms with E-state index >= 15 is 0 Å². The highest BCUT2D eigenvalue weighted by Crippen LogP contribution is 2.59. The summed E-state index contributed by atoms with van der Waals surface area (Å²) in [6, 6.07) is 20.4. The Morgan fingerprint density at radius 1 is 1.08 bits per heavy atom. The molecule has 0 saturated carbocycles. The summed E-state index contributed by atoms with van der Waals surface area (Å²) in [5.74, 6) is -3.37. The Balaban J connectivity index is 1.33. The highest BCUT2D eigenvalue weighted by molar-refractivity contribution is 6.06. The molecular formula is C40H45N3O7. The minimum Gasteiger partial charge on any atom is -0.463 e. The average molecular weight is 680 g/mol. The number of esters is 1. The molecule has 3 aliphatic rings. The van der Waals surface area contributed by atoms with Crippen molar-refractivity contribution < 1.29 is 33.8 Å². The van der Waals surface area contributed by atoms with Gasteiger partial charge in [-0.3, -0.25) is 19.2 Å². The Morgan fingerprint density at radius 3 is 2.52 bits per heavy atom. The number of aliphatic hydroxyl groups is 1. The second-order valence-corrected chi connectivity index (χ2v) is 13.3. The van der Waals surface area contributed by atoms with Crippen LogP contribution in [-0.4, -0.2) is 77.2 Å². The van der Waals surface area contributed by atoms with E-state index < -0.39 is 53.5 Å². The lowest BCUT2D eigenvalue weighted by Crippen LogP contribution is -2.59. The molecule has 7 atom stereocenters. The lowest BCUT2D eigenvalue weighted by atomic mass is 9.70. The molecule has 2 bridgehead atoms. The number of fused-ring (bicyclic) bond motifs is 2. The van der Waals surface area contributed by atoms with E-state index in [9.17, 15) is 24.3 Å². The smallest absolute Gasteiger partial charge is 0.306 e. The molecule has 50 heavy (non-hydrogen) atoms. The van der Waals surface area contributed by atoms with Gasteiger partial charge in [0.05, 0.1) is 36.6 Å². The van der Waals surface area contributed by atoms with Crippen LogP contribution in [0.15, 0.2) is 98.1 Å². The van der Waals surface area contributed by atoms with E-state index in [-0.39, 0.29) is 38.0 Å². The molecule has 0 unspecified atom stereocenters. The fourth-order valence-corrected chi connectivity index (χ4v) is 8.06. The van der Waals surface area contributed by atoms with Gasteiger partial charge >= 0.3 is 5.97 Å². The summed E-state index contributed by atoms with van der Waals surface area (Å²) in [4.78, 5) is 59.3. The normalized spacial score (nSPS) is 24.8. The standard InChI is InChI=1S/C40H45N3O7/c1-4-7-17-33(45)49-25-31(27-14-9-8-10-15-27)41-37(46)34-32-20-21-40(50-32)35(34)38(47)43(29(6-3)24-44)36(40)39(48)42(22-5-2)30-19-18-26-13-11-12-16-28(26)23-30/h4-5,8-16,18-19,23,29,31-32,34-36,44H,1-2,6-7,17,20-22,24-25H2,3H3,(H,41,46)/t29-,31+,32-,34+,35+,36-,40+/m0/s1. The molecule has 0 aliphatic carbocycles. The first-order valence-electron chi connectivity index (χ1n) is 17.4. The van der Waals surface area contributed by atoms with Crippen molar-refractivity contribution in [3.8, 4) is 0 Å². The first-order valence-corrected chi connectivity index (χ1v) is 17.4. The molecule has 3 aromatic carbocycles. The van der Waals surface area contributed by atoms with Gasteiger partial charge in [-0.1, -0.05) is 79.7 Å². The van der Waals surface area contributed by atoms with Gasteiger partial charge in [0, 0.05) is 18.7 Å². The zero-order valence-corrected chi connectivity index (χ0v) is 28.4. The van der Waals surface area contributed by atoms with Crippen LogP contribution in [0.25, 0.3) is 10.8 Å². The van der Waals surface area contributed by atoms with Crippen LogP contribution in [0.2, 0.25) is 0 Å². The molecule has 1 spiro atoms. The van der Waals surface area contributed by atoms with Gasteiger partial charge in [0.25, 0.3) is 5.91 Å². The third-order valence-electron chi connectivity index (χ3n) is 10.5. The second-order valence-electron chi connectivity index (χ2n) is 13.3. The Kier molecular flexibility index (Phi) is 10.5. The third-order valence-corrected chi connectivity index (χ3v) is 10.5. The first kappa shape index (κ1) is 35.0. The first-order chi connectivity index (χ1) is 24.3. The Labute approximate surface area is 292 Å². The number of amides is 3. The summed E-state index contributed by atoms with van der Waals surface area (Å²) in [5.41, 5.74) is 0.123. The number of anilines is 1. The van der Waals surface area contributed by atoms with Crippen LogP contribution in [0, 0.1) is 11.8 Å². The number of ether oxygens (including phenoxy) is 2. The van der Waals surface area contributed by atoms with E-state index in [4.69, 9.17) is 9.47 Å². The van der Waals surface area contributed by atoms with E-state index in [1.807, 2.05) is 79.7 Å².